The fourth-order valence-electron chi connectivity index (χ4n) is 16.1. The Morgan fingerprint density at radius 1 is 0.226 bits per heavy atom. The molecule has 6 heteroatoms. The van der Waals surface area contributed by atoms with Crippen molar-refractivity contribution in [3.63, 3.8) is 0 Å². The van der Waals surface area contributed by atoms with Gasteiger partial charge in [0.15, 0.2) is 0 Å². The summed E-state index contributed by atoms with van der Waals surface area (Å²) in [6.45, 7) is 4.68. The summed E-state index contributed by atoms with van der Waals surface area (Å²) in [4.78, 5) is 0. The normalized spacial score (nSPS) is 12.9. The van der Waals surface area contributed by atoms with E-state index in [1.807, 2.05) is 12.1 Å². The van der Waals surface area contributed by atoms with Crippen LogP contribution in [0.4, 0.5) is 0 Å². The number of fused-ring (bicyclic) bond motifs is 13. The lowest BCUT2D eigenvalue weighted by molar-refractivity contribution is 0.660. The van der Waals surface area contributed by atoms with Gasteiger partial charge in [0.2, 0.25) is 0 Å². The van der Waals surface area contributed by atoms with Crippen LogP contribution in [0.1, 0.15) is 25.0 Å². The monoisotopic (exact) mass is 1190 g/mol. The quantitative estimate of drug-likeness (QED) is 0.172. The second-order valence-corrected chi connectivity index (χ2v) is 25.5. The summed E-state index contributed by atoms with van der Waals surface area (Å²) < 4.78 is 22.7. The maximum atomic E-state index is 6.59. The van der Waals surface area contributed by atoms with Gasteiger partial charge >= 0.3 is 0 Å². The molecule has 0 fully saturated rings. The van der Waals surface area contributed by atoms with E-state index in [4.69, 9.17) is 8.83 Å². The van der Waals surface area contributed by atoms with Crippen LogP contribution >= 0.6 is 0 Å². The van der Waals surface area contributed by atoms with Crippen LogP contribution in [-0.4, -0.2) is 18.3 Å². The number of para-hydroxylation sites is 5. The number of hydrogen-bond donors (Lipinski definition) is 0. The predicted molar refractivity (Wildman–Crippen MR) is 388 cm³/mol. The van der Waals surface area contributed by atoms with Crippen molar-refractivity contribution in [2.45, 2.75) is 19.3 Å². The van der Waals surface area contributed by atoms with Gasteiger partial charge in [-0.3, -0.25) is 0 Å². The maximum absolute atomic E-state index is 6.59. The molecule has 0 unspecified atom stereocenters. The largest absolute Gasteiger partial charge is 0.456 e. The van der Waals surface area contributed by atoms with E-state index < -0.39 is 0 Å². The minimum absolute atomic E-state index is 0.0372. The van der Waals surface area contributed by atoms with Gasteiger partial charge in [-0.15, -0.1) is 0 Å². The molecule has 14 aromatic carbocycles. The number of nitrogens with zero attached hydrogens (tertiary/aromatic N) is 4. The van der Waals surface area contributed by atoms with E-state index in [1.165, 1.54) is 132 Å². The van der Waals surface area contributed by atoms with E-state index in [2.05, 4.69) is 323 Å². The average molecular weight is 1190 g/mol. The molecule has 0 atom stereocenters. The van der Waals surface area contributed by atoms with E-state index in [0.29, 0.717) is 0 Å². The summed E-state index contributed by atoms with van der Waals surface area (Å²) >= 11 is 0. The molecule has 0 radical (unpaired) electrons. The van der Waals surface area contributed by atoms with Crippen LogP contribution in [0.25, 0.3) is 176 Å². The molecule has 1 aliphatic carbocycles. The molecule has 6 aromatic heterocycles. The third kappa shape index (κ3) is 7.40. The highest BCUT2D eigenvalue weighted by atomic mass is 16.3. The van der Waals surface area contributed by atoms with Crippen LogP contribution in [0.5, 0.6) is 0 Å². The van der Waals surface area contributed by atoms with Crippen LogP contribution in [0.3, 0.4) is 0 Å². The zero-order valence-corrected chi connectivity index (χ0v) is 51.0. The molecule has 0 bridgehead atoms. The molecule has 6 nitrogen and oxygen atoms in total. The Bertz CT molecular complexity index is 6520. The van der Waals surface area contributed by atoms with Gasteiger partial charge in [0, 0.05) is 71.3 Å². The van der Waals surface area contributed by atoms with Crippen molar-refractivity contribution in [3.8, 4) is 45.0 Å². The van der Waals surface area contributed by atoms with E-state index in [0.717, 1.165) is 55.4 Å². The van der Waals surface area contributed by atoms with E-state index >= 15 is 0 Å². The van der Waals surface area contributed by atoms with Crippen molar-refractivity contribution in [2.75, 3.05) is 0 Å². The number of rotatable bonds is 5. The maximum Gasteiger partial charge on any atom is 0.137 e. The standard InChI is InChI=1S/C54H33N3O.C33H23NO/c1-2-12-36(13-3-1)55-45-18-7-4-14-39(45)43-32-34(24-30-47(43)55)35-25-31-48-44(33-35)40-15-5-8-19-46(40)56(48)37-26-28-38(29-27-37)57-49-20-10-17-42-41-16-6-9-22-51(41)58-52-23-11-21-50(57)54(52)53(42)49;1-33(2)25-12-5-3-9-21(25)22-18-17-20(19-26(22)33)34-27-13-7-11-24-23-10-4-6-15-29(23)35-30-16-8-14-28(34)32(30)31(24)27/h1-33H;3-19H,1-2H3. The highest BCUT2D eigenvalue weighted by Gasteiger charge is 2.36. The van der Waals surface area contributed by atoms with Crippen molar-refractivity contribution in [2.24, 2.45) is 0 Å². The first-order chi connectivity index (χ1) is 45.9. The van der Waals surface area contributed by atoms with Crippen LogP contribution in [-0.2, 0) is 5.41 Å². The van der Waals surface area contributed by atoms with Crippen molar-refractivity contribution >= 4 is 131 Å². The van der Waals surface area contributed by atoms with Gasteiger partial charge in [0.05, 0.1) is 54.9 Å². The summed E-state index contributed by atoms with van der Waals surface area (Å²) in [6, 6.07) is 110. The van der Waals surface area contributed by atoms with Gasteiger partial charge in [-0.25, -0.2) is 0 Å². The molecule has 0 saturated carbocycles. The summed E-state index contributed by atoms with van der Waals surface area (Å²) in [5, 5.41) is 14.5. The van der Waals surface area contributed by atoms with Crippen molar-refractivity contribution in [1.29, 1.82) is 0 Å². The molecular weight excluding hydrogens is 1130 g/mol. The number of benzene rings is 14. The fraction of sp³-hybridized carbons (Fsp3) is 0.0345. The van der Waals surface area contributed by atoms with E-state index in [9.17, 15) is 0 Å². The molecule has 6 heterocycles. The number of aromatic nitrogens is 4. The lowest BCUT2D eigenvalue weighted by Gasteiger charge is -2.22. The molecule has 1 aliphatic rings. The molecule has 0 saturated heterocycles. The SMILES string of the molecule is CC1(C)c2ccccc2-c2ccc(-n3c4cccc5oc6ccccc6c6cccc3c6c54)cc21.c1ccc(-n2c3ccccc3c3cc(-c4ccc5c(c4)c4ccccc4n5-c4ccc(-n5c6cccc7oc8ccccc8c8cccc5c8c76)cc4)ccc32)cc1. The minimum atomic E-state index is -0.0372. The van der Waals surface area contributed by atoms with Gasteiger partial charge in [0.25, 0.3) is 0 Å². The molecule has 0 amide bonds. The Morgan fingerprint density at radius 2 is 0.591 bits per heavy atom. The van der Waals surface area contributed by atoms with Gasteiger partial charge in [-0.1, -0.05) is 184 Å². The van der Waals surface area contributed by atoms with Gasteiger partial charge in [0.1, 0.15) is 22.3 Å². The third-order valence-corrected chi connectivity index (χ3v) is 20.2. The molecule has 0 aliphatic heterocycles. The average Bonchev–Trinajstić information content (AvgIpc) is 1.57. The highest BCUT2D eigenvalue weighted by molar-refractivity contribution is 6.28. The van der Waals surface area contributed by atoms with Crippen LogP contribution in [0, 0.1) is 0 Å². The Morgan fingerprint density at radius 3 is 1.14 bits per heavy atom. The lowest BCUT2D eigenvalue weighted by atomic mass is 9.82. The van der Waals surface area contributed by atoms with Crippen molar-refractivity contribution in [3.05, 3.63) is 314 Å². The molecule has 0 N–H and O–H groups in total. The first-order valence-corrected chi connectivity index (χ1v) is 32.1. The fourth-order valence-corrected chi connectivity index (χ4v) is 16.1. The Balaban J connectivity index is 0.000000145. The molecule has 436 valence electrons. The zero-order chi connectivity index (χ0) is 61.2. The van der Waals surface area contributed by atoms with Gasteiger partial charge in [-0.05, 0) is 178 Å². The summed E-state index contributed by atoms with van der Waals surface area (Å²) in [7, 11) is 0. The Labute approximate surface area is 533 Å². The minimum Gasteiger partial charge on any atom is -0.456 e. The molecule has 0 spiro atoms. The zero-order valence-electron chi connectivity index (χ0n) is 51.0. The van der Waals surface area contributed by atoms with Crippen LogP contribution in [0.15, 0.2) is 312 Å². The lowest BCUT2D eigenvalue weighted by Crippen LogP contribution is -2.15. The third-order valence-electron chi connectivity index (χ3n) is 20.2. The second kappa shape index (κ2) is 19.4. The molecule has 21 rings (SSSR count). The Kier molecular flexibility index (Phi) is 10.8. The summed E-state index contributed by atoms with van der Waals surface area (Å²) in [5.74, 6) is 0. The number of hydrogen-bond acceptors (Lipinski definition) is 2. The first-order valence-electron chi connectivity index (χ1n) is 32.1. The van der Waals surface area contributed by atoms with E-state index in [-0.39, 0.29) is 5.41 Å². The highest BCUT2D eigenvalue weighted by Crippen LogP contribution is 2.51. The van der Waals surface area contributed by atoms with Gasteiger partial charge in [-0.2, -0.15) is 0 Å². The summed E-state index contributed by atoms with van der Waals surface area (Å²) in [6.07, 6.45) is 0. The smallest absolute Gasteiger partial charge is 0.137 e. The summed E-state index contributed by atoms with van der Waals surface area (Å²) in [5.41, 5.74) is 25.5. The topological polar surface area (TPSA) is 46.0 Å². The second-order valence-electron chi connectivity index (χ2n) is 25.5. The van der Waals surface area contributed by atoms with Crippen molar-refractivity contribution < 1.29 is 8.83 Å². The van der Waals surface area contributed by atoms with Crippen molar-refractivity contribution in [1.82, 2.24) is 18.3 Å². The van der Waals surface area contributed by atoms with Crippen LogP contribution < -0.4 is 0 Å². The van der Waals surface area contributed by atoms with Gasteiger partial charge < -0.3 is 27.1 Å². The van der Waals surface area contributed by atoms with E-state index in [1.54, 1.807) is 0 Å². The Hall–Kier alpha value is -12.1. The molecule has 93 heavy (non-hydrogen) atoms. The molecule has 20 aromatic rings. The first kappa shape index (κ1) is 51.7. The predicted octanol–water partition coefficient (Wildman–Crippen LogP) is 23.5. The van der Waals surface area contributed by atoms with Crippen LogP contribution in [0.2, 0.25) is 0 Å². The molecular formula is C87H56N4O2.